The maximum atomic E-state index is 12.2. The average Bonchev–Trinajstić information content (AvgIpc) is 3.25. The Kier molecular flexibility index (Phi) is 11.2. The van der Waals surface area contributed by atoms with Crippen LogP contribution in [0.15, 0.2) is 29.3 Å². The normalized spacial score (nSPS) is 19.9. The summed E-state index contributed by atoms with van der Waals surface area (Å²) in [5.74, 6) is 1.10. The van der Waals surface area contributed by atoms with Gasteiger partial charge in [-0.25, -0.2) is 0 Å². The summed E-state index contributed by atoms with van der Waals surface area (Å²) in [6, 6.07) is 9.68. The van der Waals surface area contributed by atoms with Gasteiger partial charge in [0.15, 0.2) is 5.96 Å². The van der Waals surface area contributed by atoms with Gasteiger partial charge < -0.3 is 15.5 Å². The van der Waals surface area contributed by atoms with Gasteiger partial charge in [-0.15, -0.1) is 24.0 Å². The predicted octanol–water partition coefficient (Wildman–Crippen LogP) is 3.99. The molecule has 0 aromatic heterocycles. The Hall–Kier alpha value is -1.35. The highest BCUT2D eigenvalue weighted by molar-refractivity contribution is 14.0. The van der Waals surface area contributed by atoms with E-state index in [0.29, 0.717) is 6.04 Å². The second-order valence-electron chi connectivity index (χ2n) is 9.47. The van der Waals surface area contributed by atoms with E-state index in [1.807, 2.05) is 25.8 Å². The van der Waals surface area contributed by atoms with Crippen LogP contribution >= 0.6 is 24.0 Å². The highest BCUT2D eigenvalue weighted by atomic mass is 127. The molecule has 1 aliphatic carbocycles. The van der Waals surface area contributed by atoms with Crippen LogP contribution in [0.2, 0.25) is 0 Å². The van der Waals surface area contributed by atoms with E-state index in [2.05, 4.69) is 51.8 Å². The van der Waals surface area contributed by atoms with Gasteiger partial charge in [-0.3, -0.25) is 14.7 Å². The molecule has 1 saturated heterocycles. The number of halogens is 1. The van der Waals surface area contributed by atoms with Gasteiger partial charge in [-0.2, -0.15) is 0 Å². The van der Waals surface area contributed by atoms with Gasteiger partial charge in [-0.1, -0.05) is 57.4 Å². The molecule has 1 heterocycles. The van der Waals surface area contributed by atoms with Gasteiger partial charge in [0.1, 0.15) is 0 Å². The molecule has 2 aliphatic rings. The monoisotopic (exact) mass is 555 g/mol. The SMILES string of the molecule is CN=C(NCc1ccccc1CN(C)C1CCCCC1)NC1CCN(C(=O)C(C)C)C1.I. The van der Waals surface area contributed by atoms with Crippen LogP contribution in [0.4, 0.5) is 0 Å². The van der Waals surface area contributed by atoms with Crippen molar-refractivity contribution in [3.05, 3.63) is 35.4 Å². The molecule has 180 valence electrons. The standard InChI is InChI=1S/C25H41N5O.HI/c1-19(2)24(31)30-15-14-22(18-30)28-25(26-3)27-16-20-10-8-9-11-21(20)17-29(4)23-12-6-5-7-13-23;/h8-11,19,22-23H,5-7,12-18H2,1-4H3,(H2,26,27,28);1H. The number of nitrogens with one attached hydrogen (secondary N) is 2. The minimum absolute atomic E-state index is 0. The van der Waals surface area contributed by atoms with Crippen molar-refractivity contribution in [3.63, 3.8) is 0 Å². The molecule has 6 nitrogen and oxygen atoms in total. The van der Waals surface area contributed by atoms with Crippen molar-refractivity contribution in [3.8, 4) is 0 Å². The van der Waals surface area contributed by atoms with Crippen LogP contribution in [0.25, 0.3) is 0 Å². The minimum Gasteiger partial charge on any atom is -0.352 e. The first-order valence-corrected chi connectivity index (χ1v) is 12.0. The molecule has 0 radical (unpaired) electrons. The highest BCUT2D eigenvalue weighted by Gasteiger charge is 2.28. The van der Waals surface area contributed by atoms with Gasteiger partial charge in [0, 0.05) is 51.2 Å². The molecule has 7 heteroatoms. The Balaban J connectivity index is 0.00000363. The zero-order chi connectivity index (χ0) is 22.2. The molecule has 3 rings (SSSR count). The van der Waals surface area contributed by atoms with E-state index in [1.54, 1.807) is 0 Å². The third-order valence-corrected chi connectivity index (χ3v) is 6.74. The molecule has 0 spiro atoms. The number of nitrogens with zero attached hydrogens (tertiary/aromatic N) is 3. The first kappa shape index (κ1) is 26.9. The van der Waals surface area contributed by atoms with E-state index < -0.39 is 0 Å². The summed E-state index contributed by atoms with van der Waals surface area (Å²) in [4.78, 5) is 21.2. The molecule has 32 heavy (non-hydrogen) atoms. The first-order chi connectivity index (χ1) is 15.0. The van der Waals surface area contributed by atoms with Crippen LogP contribution in [0.1, 0.15) is 63.5 Å². The maximum absolute atomic E-state index is 12.2. The summed E-state index contributed by atoms with van der Waals surface area (Å²) in [5, 5.41) is 7.00. The van der Waals surface area contributed by atoms with E-state index in [4.69, 9.17) is 0 Å². The lowest BCUT2D eigenvalue weighted by molar-refractivity contribution is -0.133. The molecule has 1 saturated carbocycles. The van der Waals surface area contributed by atoms with Crippen molar-refractivity contribution in [2.24, 2.45) is 10.9 Å². The van der Waals surface area contributed by atoms with Crippen molar-refractivity contribution >= 4 is 35.8 Å². The number of guanidine groups is 1. The fourth-order valence-electron chi connectivity index (χ4n) is 4.81. The van der Waals surface area contributed by atoms with Crippen LogP contribution in [0, 0.1) is 5.92 Å². The molecular weight excluding hydrogens is 513 g/mol. The van der Waals surface area contributed by atoms with Gasteiger partial charge in [-0.05, 0) is 37.4 Å². The summed E-state index contributed by atoms with van der Waals surface area (Å²) < 4.78 is 0. The Labute approximate surface area is 211 Å². The van der Waals surface area contributed by atoms with Gasteiger partial charge in [0.25, 0.3) is 0 Å². The molecule has 1 aliphatic heterocycles. The third kappa shape index (κ3) is 7.61. The number of likely N-dealkylation sites (tertiary alicyclic amines) is 1. The van der Waals surface area contributed by atoms with Crippen molar-refractivity contribution in [1.82, 2.24) is 20.4 Å². The van der Waals surface area contributed by atoms with E-state index in [-0.39, 0.29) is 41.8 Å². The van der Waals surface area contributed by atoms with Gasteiger partial charge >= 0.3 is 0 Å². The minimum atomic E-state index is 0. The number of amides is 1. The first-order valence-electron chi connectivity index (χ1n) is 12.0. The predicted molar refractivity (Wildman–Crippen MR) is 143 cm³/mol. The molecule has 0 bridgehead atoms. The summed E-state index contributed by atoms with van der Waals surface area (Å²) in [5.41, 5.74) is 2.70. The summed E-state index contributed by atoms with van der Waals surface area (Å²) in [7, 11) is 4.08. The highest BCUT2D eigenvalue weighted by Crippen LogP contribution is 2.23. The Bertz CT molecular complexity index is 748. The molecule has 1 atom stereocenters. The summed E-state index contributed by atoms with van der Waals surface area (Å²) in [6.45, 7) is 7.24. The number of hydrogen-bond donors (Lipinski definition) is 2. The van der Waals surface area contributed by atoms with E-state index in [0.717, 1.165) is 38.6 Å². The Morgan fingerprint density at radius 3 is 2.50 bits per heavy atom. The average molecular weight is 556 g/mol. The molecule has 1 aromatic carbocycles. The Morgan fingerprint density at radius 1 is 1.16 bits per heavy atom. The van der Waals surface area contributed by atoms with Crippen LogP contribution in [-0.4, -0.2) is 60.9 Å². The van der Waals surface area contributed by atoms with E-state index in [1.165, 1.54) is 43.2 Å². The number of rotatable bonds is 7. The zero-order valence-electron chi connectivity index (χ0n) is 20.3. The van der Waals surface area contributed by atoms with Crippen LogP contribution < -0.4 is 10.6 Å². The van der Waals surface area contributed by atoms with E-state index >= 15 is 0 Å². The lowest BCUT2D eigenvalue weighted by Crippen LogP contribution is -2.45. The second kappa shape index (κ2) is 13.4. The molecule has 2 N–H and O–H groups in total. The zero-order valence-corrected chi connectivity index (χ0v) is 22.6. The number of carbonyl (C=O) groups is 1. The second-order valence-corrected chi connectivity index (χ2v) is 9.47. The van der Waals surface area contributed by atoms with Gasteiger partial charge in [0.05, 0.1) is 0 Å². The number of carbonyl (C=O) groups excluding carboxylic acids is 1. The van der Waals surface area contributed by atoms with Crippen LogP contribution in [0.3, 0.4) is 0 Å². The van der Waals surface area contributed by atoms with Crippen molar-refractivity contribution in [1.29, 1.82) is 0 Å². The van der Waals surface area contributed by atoms with Gasteiger partial charge in [0.2, 0.25) is 5.91 Å². The largest absolute Gasteiger partial charge is 0.352 e. The van der Waals surface area contributed by atoms with Crippen LogP contribution in [0.5, 0.6) is 0 Å². The molecule has 1 aromatic rings. The topological polar surface area (TPSA) is 60.0 Å². The molecular formula is C25H42IN5O. The van der Waals surface area contributed by atoms with Crippen molar-refractivity contribution in [2.45, 2.75) is 77.5 Å². The molecule has 1 amide bonds. The van der Waals surface area contributed by atoms with Crippen LogP contribution in [-0.2, 0) is 17.9 Å². The van der Waals surface area contributed by atoms with Crippen molar-refractivity contribution in [2.75, 3.05) is 27.2 Å². The summed E-state index contributed by atoms with van der Waals surface area (Å²) >= 11 is 0. The van der Waals surface area contributed by atoms with Crippen molar-refractivity contribution < 1.29 is 4.79 Å². The molecule has 1 unspecified atom stereocenters. The number of benzene rings is 1. The fraction of sp³-hybridized carbons (Fsp3) is 0.680. The summed E-state index contributed by atoms with van der Waals surface area (Å²) in [6.07, 6.45) is 7.73. The third-order valence-electron chi connectivity index (χ3n) is 6.74. The quantitative estimate of drug-likeness (QED) is 0.304. The maximum Gasteiger partial charge on any atom is 0.225 e. The smallest absolute Gasteiger partial charge is 0.225 e. The van der Waals surface area contributed by atoms with E-state index in [9.17, 15) is 4.79 Å². The number of aliphatic imine (C=N–C) groups is 1. The Morgan fingerprint density at radius 2 is 1.84 bits per heavy atom. The lowest BCUT2D eigenvalue weighted by Gasteiger charge is -2.31. The number of hydrogen-bond acceptors (Lipinski definition) is 3. The lowest BCUT2D eigenvalue weighted by atomic mass is 9.94. The molecule has 2 fully saturated rings. The fourth-order valence-corrected chi connectivity index (χ4v) is 4.81.